The van der Waals surface area contributed by atoms with Crippen molar-refractivity contribution < 1.29 is 23.8 Å². The normalized spacial score (nSPS) is 10.6. The van der Waals surface area contributed by atoms with Crippen LogP contribution >= 0.6 is 23.5 Å². The number of rotatable bonds is 11. The van der Waals surface area contributed by atoms with Crippen LogP contribution in [0.1, 0.15) is 18.1 Å². The molecular weight excluding hydrogens is 723 g/mol. The molecule has 0 spiro atoms. The highest BCUT2D eigenvalue weighted by molar-refractivity contribution is 7.99. The average molecular weight is 759 g/mol. The fraction of sp³-hybridized carbons (Fsp3) is 0.0698. The zero-order valence-electron chi connectivity index (χ0n) is 29.1. The third-order valence-electron chi connectivity index (χ3n) is 8.07. The van der Waals surface area contributed by atoms with Gasteiger partial charge >= 0.3 is 0 Å². The number of anilines is 3. The Morgan fingerprint density at radius 1 is 0.630 bits per heavy atom. The summed E-state index contributed by atoms with van der Waals surface area (Å²) in [6.07, 6.45) is 1.79. The van der Waals surface area contributed by atoms with Crippen LogP contribution in [0.4, 0.5) is 25.8 Å². The van der Waals surface area contributed by atoms with Gasteiger partial charge in [0.15, 0.2) is 23.1 Å². The van der Waals surface area contributed by atoms with Gasteiger partial charge in [0.25, 0.3) is 0 Å². The molecule has 54 heavy (non-hydrogen) atoms. The molecule has 5 N–H and O–H groups in total. The highest BCUT2D eigenvalue weighted by Crippen LogP contribution is 2.35. The van der Waals surface area contributed by atoms with Crippen molar-refractivity contribution in [2.75, 3.05) is 16.0 Å². The number of fused-ring (bicyclic) bond motifs is 1. The zero-order chi connectivity index (χ0) is 37.9. The Morgan fingerprint density at radius 2 is 1.17 bits per heavy atom. The number of para-hydroxylation sites is 2. The van der Waals surface area contributed by atoms with Crippen LogP contribution in [0.15, 0.2) is 165 Å². The van der Waals surface area contributed by atoms with Crippen LogP contribution in [0.2, 0.25) is 0 Å². The minimum Gasteiger partial charge on any atom is -0.503 e. The number of hydrogen-bond donors (Lipinski definition) is 5. The summed E-state index contributed by atoms with van der Waals surface area (Å²) < 4.78 is 27.0. The molecule has 0 saturated heterocycles. The number of benzene rings is 6. The van der Waals surface area contributed by atoms with Crippen LogP contribution in [0.25, 0.3) is 10.9 Å². The number of carbonyl (C=O) groups excluding carboxylic acids is 1. The quantitative estimate of drug-likeness (QED) is 0.0831. The van der Waals surface area contributed by atoms with E-state index in [1.54, 1.807) is 54.0 Å². The summed E-state index contributed by atoms with van der Waals surface area (Å²) in [6, 6.07) is 42.6. The molecule has 1 heterocycles. The highest BCUT2D eigenvalue weighted by atomic mass is 32.2. The second kappa shape index (κ2) is 18.1. The number of nitrogens with zero attached hydrogens (tertiary/aromatic N) is 1. The molecule has 0 fully saturated rings. The molecule has 0 radical (unpaired) electrons. The summed E-state index contributed by atoms with van der Waals surface area (Å²) in [7, 11) is 0. The van der Waals surface area contributed by atoms with E-state index in [0.29, 0.717) is 24.5 Å². The lowest BCUT2D eigenvalue weighted by molar-refractivity contribution is -0.114. The van der Waals surface area contributed by atoms with Crippen molar-refractivity contribution in [3.63, 3.8) is 0 Å². The van der Waals surface area contributed by atoms with E-state index < -0.39 is 11.6 Å². The number of nitrogens with one attached hydrogen (secondary N) is 3. The van der Waals surface area contributed by atoms with Gasteiger partial charge in [-0.05, 0) is 90.0 Å². The highest BCUT2D eigenvalue weighted by Gasteiger charge is 2.11. The standard InChI is InChI=1S/C22H17FN2OS.C21H19FN2O2S/c23-18-7-3-8-19(22(18)26)25-14-16-5-1-2-9-21(16)27-17-11-10-15-6-4-12-24-20(15)13-17;1-14(25)24-16-9-11-17(12-10-16)27-20-8-3-2-5-15(20)13-23-19-7-4-6-18(22)21(19)26/h1-13,25-26H,14H2;2-12,23,26H,13H2,1H3,(H,24,25). The van der Waals surface area contributed by atoms with Gasteiger partial charge in [0.2, 0.25) is 5.91 Å². The molecule has 6 aromatic carbocycles. The van der Waals surface area contributed by atoms with Gasteiger partial charge in [-0.25, -0.2) is 8.78 Å². The maximum absolute atomic E-state index is 13.5. The lowest BCUT2D eigenvalue weighted by Crippen LogP contribution is -2.05. The third kappa shape index (κ3) is 10.1. The summed E-state index contributed by atoms with van der Waals surface area (Å²) in [5.74, 6) is -2.12. The smallest absolute Gasteiger partial charge is 0.221 e. The maximum atomic E-state index is 13.5. The number of amides is 1. The van der Waals surface area contributed by atoms with Crippen molar-refractivity contribution >= 4 is 57.4 Å². The minimum absolute atomic E-state index is 0.104. The van der Waals surface area contributed by atoms with E-state index in [-0.39, 0.29) is 17.4 Å². The monoisotopic (exact) mass is 758 g/mol. The van der Waals surface area contributed by atoms with Crippen LogP contribution in [-0.4, -0.2) is 21.1 Å². The van der Waals surface area contributed by atoms with Crippen molar-refractivity contribution in [1.82, 2.24) is 4.98 Å². The summed E-state index contributed by atoms with van der Waals surface area (Å²) in [6.45, 7) is 2.40. The van der Waals surface area contributed by atoms with E-state index in [1.165, 1.54) is 19.1 Å². The number of phenolic OH excluding ortho intramolecular Hbond substituents is 2. The number of phenols is 2. The first-order valence-corrected chi connectivity index (χ1v) is 18.5. The van der Waals surface area contributed by atoms with Crippen molar-refractivity contribution in [2.24, 2.45) is 0 Å². The first-order valence-electron chi connectivity index (χ1n) is 16.9. The number of aromatic nitrogens is 1. The van der Waals surface area contributed by atoms with Crippen LogP contribution in [0.5, 0.6) is 11.5 Å². The molecule has 1 aromatic heterocycles. The molecule has 272 valence electrons. The summed E-state index contributed by atoms with van der Waals surface area (Å²) >= 11 is 3.25. The van der Waals surface area contributed by atoms with Crippen LogP contribution < -0.4 is 16.0 Å². The maximum Gasteiger partial charge on any atom is 0.221 e. The molecule has 1 amide bonds. The fourth-order valence-electron chi connectivity index (χ4n) is 5.37. The molecule has 0 aliphatic rings. The molecule has 0 saturated carbocycles. The van der Waals surface area contributed by atoms with Crippen LogP contribution in [0, 0.1) is 11.6 Å². The third-order valence-corrected chi connectivity index (χ3v) is 10.3. The predicted octanol–water partition coefficient (Wildman–Crippen LogP) is 11.1. The summed E-state index contributed by atoms with van der Waals surface area (Å²) in [5, 5.41) is 29.7. The second-order valence-electron chi connectivity index (χ2n) is 12.0. The topological polar surface area (TPSA) is 107 Å². The molecular formula is C43H36F2N4O3S2. The lowest BCUT2D eigenvalue weighted by Gasteiger charge is -2.12. The van der Waals surface area contributed by atoms with Gasteiger partial charge in [-0.1, -0.05) is 84.2 Å². The number of aromatic hydroxyl groups is 2. The molecule has 0 aliphatic heterocycles. The Hall–Kier alpha value is -6.04. The largest absolute Gasteiger partial charge is 0.503 e. The minimum atomic E-state index is -0.651. The Balaban J connectivity index is 0.000000184. The first kappa shape index (κ1) is 37.7. The van der Waals surface area contributed by atoms with Crippen LogP contribution in [-0.2, 0) is 17.9 Å². The fourth-order valence-corrected chi connectivity index (χ4v) is 7.29. The molecule has 0 aliphatic carbocycles. The summed E-state index contributed by atoms with van der Waals surface area (Å²) in [4.78, 5) is 19.8. The van der Waals surface area contributed by atoms with Gasteiger partial charge in [0.1, 0.15) is 0 Å². The van der Waals surface area contributed by atoms with Gasteiger partial charge in [-0.15, -0.1) is 0 Å². The van der Waals surface area contributed by atoms with E-state index in [0.717, 1.165) is 47.3 Å². The summed E-state index contributed by atoms with van der Waals surface area (Å²) in [5.41, 5.74) is 4.54. The number of pyridine rings is 1. The Labute approximate surface area is 320 Å². The molecule has 0 bridgehead atoms. The number of carbonyl (C=O) groups is 1. The SMILES string of the molecule is CC(=O)Nc1ccc(Sc2ccccc2CNc2cccc(F)c2O)cc1.Oc1c(F)cccc1NCc1ccccc1Sc1ccc2cccnc2c1. The van der Waals surface area contributed by atoms with Crippen molar-refractivity contribution in [2.45, 2.75) is 39.6 Å². The Kier molecular flexibility index (Phi) is 12.7. The lowest BCUT2D eigenvalue weighted by atomic mass is 10.2. The zero-order valence-corrected chi connectivity index (χ0v) is 30.7. The van der Waals surface area contributed by atoms with Crippen molar-refractivity contribution in [3.8, 4) is 11.5 Å². The molecule has 0 atom stereocenters. The van der Waals surface area contributed by atoms with Crippen molar-refractivity contribution in [3.05, 3.63) is 168 Å². The van der Waals surface area contributed by atoms with E-state index in [4.69, 9.17) is 0 Å². The molecule has 7 nitrogen and oxygen atoms in total. The first-order chi connectivity index (χ1) is 26.2. The second-order valence-corrected chi connectivity index (χ2v) is 14.2. The van der Waals surface area contributed by atoms with E-state index in [2.05, 4.69) is 45.2 Å². The van der Waals surface area contributed by atoms with E-state index in [1.807, 2.05) is 78.9 Å². The van der Waals surface area contributed by atoms with E-state index >= 15 is 0 Å². The molecule has 0 unspecified atom stereocenters. The number of hydrogen-bond acceptors (Lipinski definition) is 8. The van der Waals surface area contributed by atoms with Gasteiger partial charge in [-0.2, -0.15) is 0 Å². The Morgan fingerprint density at radius 3 is 1.74 bits per heavy atom. The Bertz CT molecular complexity index is 2380. The predicted molar refractivity (Wildman–Crippen MR) is 214 cm³/mol. The van der Waals surface area contributed by atoms with Gasteiger partial charge in [-0.3, -0.25) is 9.78 Å². The molecule has 7 rings (SSSR count). The molecule has 7 aromatic rings. The van der Waals surface area contributed by atoms with Crippen LogP contribution in [0.3, 0.4) is 0 Å². The van der Waals surface area contributed by atoms with Crippen molar-refractivity contribution in [1.29, 1.82) is 0 Å². The van der Waals surface area contributed by atoms with E-state index in [9.17, 15) is 23.8 Å². The molecule has 11 heteroatoms. The van der Waals surface area contributed by atoms with Gasteiger partial charge in [0, 0.05) is 56.9 Å². The van der Waals surface area contributed by atoms with Gasteiger partial charge < -0.3 is 26.2 Å². The van der Waals surface area contributed by atoms with Gasteiger partial charge in [0.05, 0.1) is 16.9 Å². The average Bonchev–Trinajstić information content (AvgIpc) is 3.18. The number of halogens is 2.